The van der Waals surface area contributed by atoms with E-state index in [1.807, 2.05) is 49.9 Å². The number of hydrogen-bond acceptors (Lipinski definition) is 4. The Kier molecular flexibility index (Phi) is 10.8. The summed E-state index contributed by atoms with van der Waals surface area (Å²) >= 11 is 0. The molecule has 1 atom stereocenters. The molecule has 1 fully saturated rings. The summed E-state index contributed by atoms with van der Waals surface area (Å²) in [5, 5.41) is 9.68. The minimum atomic E-state index is -0.297. The first-order valence-corrected chi connectivity index (χ1v) is 11.2. The van der Waals surface area contributed by atoms with Crippen molar-refractivity contribution in [1.29, 1.82) is 0 Å². The maximum absolute atomic E-state index is 14.0. The van der Waals surface area contributed by atoms with Gasteiger partial charge in [-0.05, 0) is 49.1 Å². The van der Waals surface area contributed by atoms with Crippen LogP contribution in [0.4, 0.5) is 15.9 Å². The molecule has 1 amide bonds. The van der Waals surface area contributed by atoms with Crippen LogP contribution in [0, 0.1) is 11.7 Å². The highest BCUT2D eigenvalue weighted by atomic mass is 127. The van der Waals surface area contributed by atoms with E-state index in [9.17, 15) is 9.18 Å². The van der Waals surface area contributed by atoms with Crippen LogP contribution in [0.25, 0.3) is 0 Å². The van der Waals surface area contributed by atoms with Gasteiger partial charge in [-0.15, -0.1) is 24.0 Å². The predicted octanol–water partition coefficient (Wildman–Crippen LogP) is 4.16. The summed E-state index contributed by atoms with van der Waals surface area (Å²) < 4.78 is 14.0. The number of amides is 1. The van der Waals surface area contributed by atoms with E-state index in [0.29, 0.717) is 31.2 Å². The van der Waals surface area contributed by atoms with E-state index in [1.54, 1.807) is 12.3 Å². The minimum Gasteiger partial charge on any atom is -0.357 e. The molecule has 1 unspecified atom stereocenters. The zero-order valence-corrected chi connectivity index (χ0v) is 21.8. The lowest BCUT2D eigenvalue weighted by Gasteiger charge is -2.20. The summed E-state index contributed by atoms with van der Waals surface area (Å²) in [7, 11) is 0. The van der Waals surface area contributed by atoms with Gasteiger partial charge in [-0.25, -0.2) is 14.4 Å². The number of halogens is 2. The Morgan fingerprint density at radius 2 is 2.12 bits per heavy atom. The van der Waals surface area contributed by atoms with E-state index in [-0.39, 0.29) is 41.7 Å². The smallest absolute Gasteiger partial charge is 0.224 e. The zero-order chi connectivity index (χ0) is 22.9. The highest BCUT2D eigenvalue weighted by Gasteiger charge is 2.25. The van der Waals surface area contributed by atoms with Gasteiger partial charge in [0.2, 0.25) is 5.91 Å². The van der Waals surface area contributed by atoms with Gasteiger partial charge in [-0.2, -0.15) is 0 Å². The Balaban J connectivity index is 0.00000385. The highest BCUT2D eigenvalue weighted by molar-refractivity contribution is 14.0. The molecule has 180 valence electrons. The van der Waals surface area contributed by atoms with Crippen molar-refractivity contribution >= 4 is 47.3 Å². The van der Waals surface area contributed by atoms with E-state index in [1.165, 1.54) is 6.07 Å². The van der Waals surface area contributed by atoms with Crippen LogP contribution in [0.3, 0.4) is 0 Å². The molecule has 1 saturated heterocycles. The van der Waals surface area contributed by atoms with Gasteiger partial charge in [0.25, 0.3) is 0 Å². The van der Waals surface area contributed by atoms with Crippen molar-refractivity contribution < 1.29 is 9.18 Å². The topological polar surface area (TPSA) is 81.6 Å². The number of aromatic nitrogens is 1. The van der Waals surface area contributed by atoms with Gasteiger partial charge >= 0.3 is 0 Å². The second-order valence-corrected chi connectivity index (χ2v) is 8.43. The highest BCUT2D eigenvalue weighted by Crippen LogP contribution is 2.20. The first-order valence-electron chi connectivity index (χ1n) is 11.2. The molecule has 0 spiro atoms. The van der Waals surface area contributed by atoms with Crippen molar-refractivity contribution in [3.63, 3.8) is 0 Å². The number of guanidine groups is 1. The third kappa shape index (κ3) is 8.45. The Morgan fingerprint density at radius 3 is 2.85 bits per heavy atom. The lowest BCUT2D eigenvalue weighted by molar-refractivity contribution is -0.116. The molecule has 2 aromatic rings. The maximum atomic E-state index is 14.0. The molecule has 1 aromatic carbocycles. The normalized spacial score (nSPS) is 15.8. The third-order valence-electron chi connectivity index (χ3n) is 5.14. The van der Waals surface area contributed by atoms with E-state index in [4.69, 9.17) is 4.99 Å². The fraction of sp³-hybridized carbons (Fsp3) is 0.458. The van der Waals surface area contributed by atoms with E-state index in [2.05, 4.69) is 20.9 Å². The molecule has 33 heavy (non-hydrogen) atoms. The molecular weight excluding hydrogens is 534 g/mol. The lowest BCUT2D eigenvalue weighted by Crippen LogP contribution is -2.44. The second-order valence-electron chi connectivity index (χ2n) is 8.43. The number of nitrogens with one attached hydrogen (secondary N) is 3. The van der Waals surface area contributed by atoms with Crippen LogP contribution in [-0.4, -0.2) is 42.5 Å². The second kappa shape index (κ2) is 13.3. The number of carbonyl (C=O) groups excluding carboxylic acids is 1. The largest absolute Gasteiger partial charge is 0.357 e. The molecule has 3 rings (SSSR count). The van der Waals surface area contributed by atoms with Crippen LogP contribution in [0.1, 0.15) is 39.2 Å². The molecule has 2 heterocycles. The SMILES string of the molecule is CCNC(=NCc1cccc(NC(=O)CC(C)C)c1)NC1CCN(c2ncccc2F)C1.I. The minimum absolute atomic E-state index is 0. The summed E-state index contributed by atoms with van der Waals surface area (Å²) in [6, 6.07) is 10.9. The van der Waals surface area contributed by atoms with Gasteiger partial charge in [0.05, 0.1) is 6.54 Å². The van der Waals surface area contributed by atoms with Gasteiger partial charge in [0, 0.05) is 44.0 Å². The summed E-state index contributed by atoms with van der Waals surface area (Å²) in [5.41, 5.74) is 1.79. The molecule has 0 aliphatic carbocycles. The van der Waals surface area contributed by atoms with Crippen LogP contribution in [0.2, 0.25) is 0 Å². The van der Waals surface area contributed by atoms with Gasteiger partial charge < -0.3 is 20.9 Å². The van der Waals surface area contributed by atoms with Crippen molar-refractivity contribution in [2.24, 2.45) is 10.9 Å². The first-order chi connectivity index (χ1) is 15.4. The number of hydrogen-bond donors (Lipinski definition) is 3. The monoisotopic (exact) mass is 568 g/mol. The molecule has 0 bridgehead atoms. The Labute approximate surface area is 212 Å². The van der Waals surface area contributed by atoms with Gasteiger partial charge in [0.1, 0.15) is 0 Å². The Morgan fingerprint density at radius 1 is 1.30 bits per heavy atom. The fourth-order valence-corrected chi connectivity index (χ4v) is 3.69. The van der Waals surface area contributed by atoms with Crippen molar-refractivity contribution in [3.8, 4) is 0 Å². The van der Waals surface area contributed by atoms with Crippen LogP contribution in [0.5, 0.6) is 0 Å². The average Bonchev–Trinajstić information content (AvgIpc) is 3.20. The molecule has 0 saturated carbocycles. The van der Waals surface area contributed by atoms with Crippen LogP contribution < -0.4 is 20.9 Å². The van der Waals surface area contributed by atoms with Crippen molar-refractivity contribution in [2.75, 3.05) is 29.9 Å². The number of rotatable bonds is 8. The Bertz CT molecular complexity index is 939. The molecule has 1 aromatic heterocycles. The van der Waals surface area contributed by atoms with E-state index >= 15 is 0 Å². The number of aliphatic imine (C=N–C) groups is 1. The van der Waals surface area contributed by atoms with Crippen LogP contribution >= 0.6 is 24.0 Å². The molecule has 9 heteroatoms. The summed E-state index contributed by atoms with van der Waals surface area (Å²) in [5.74, 6) is 1.15. The number of anilines is 2. The quantitative estimate of drug-likeness (QED) is 0.253. The number of nitrogens with zero attached hydrogens (tertiary/aromatic N) is 3. The number of benzene rings is 1. The van der Waals surface area contributed by atoms with Crippen molar-refractivity contribution in [3.05, 3.63) is 54.0 Å². The average molecular weight is 568 g/mol. The van der Waals surface area contributed by atoms with E-state index in [0.717, 1.165) is 36.7 Å². The van der Waals surface area contributed by atoms with Crippen molar-refractivity contribution in [2.45, 2.75) is 46.2 Å². The molecule has 0 radical (unpaired) electrons. The number of carbonyl (C=O) groups is 1. The first kappa shape index (κ1) is 26.8. The summed E-state index contributed by atoms with van der Waals surface area (Å²) in [4.78, 5) is 22.9. The Hall–Kier alpha value is -2.43. The van der Waals surface area contributed by atoms with Gasteiger partial charge in [-0.3, -0.25) is 4.79 Å². The molecule has 3 N–H and O–H groups in total. The predicted molar refractivity (Wildman–Crippen MR) is 143 cm³/mol. The van der Waals surface area contributed by atoms with Crippen LogP contribution in [-0.2, 0) is 11.3 Å². The number of pyridine rings is 1. The van der Waals surface area contributed by atoms with Gasteiger partial charge in [-0.1, -0.05) is 26.0 Å². The standard InChI is InChI=1S/C24H33FN6O.HI/c1-4-26-24(30-20-10-12-31(16-20)23-21(25)9-6-11-27-23)28-15-18-7-5-8-19(14-18)29-22(32)13-17(2)3;/h5-9,11,14,17,20H,4,10,12-13,15-16H2,1-3H3,(H,29,32)(H2,26,28,30);1H. The van der Waals surface area contributed by atoms with Crippen LogP contribution in [0.15, 0.2) is 47.6 Å². The lowest BCUT2D eigenvalue weighted by atomic mass is 10.1. The molecule has 1 aliphatic rings. The molecular formula is C24H34FIN6O. The van der Waals surface area contributed by atoms with Crippen molar-refractivity contribution in [1.82, 2.24) is 15.6 Å². The molecule has 1 aliphatic heterocycles. The molecule has 7 nitrogen and oxygen atoms in total. The third-order valence-corrected chi connectivity index (χ3v) is 5.14. The van der Waals surface area contributed by atoms with E-state index < -0.39 is 0 Å². The summed E-state index contributed by atoms with van der Waals surface area (Å²) in [6.07, 6.45) is 2.99. The fourth-order valence-electron chi connectivity index (χ4n) is 3.69. The summed E-state index contributed by atoms with van der Waals surface area (Å²) in [6.45, 7) is 8.69. The van der Waals surface area contributed by atoms with Gasteiger partial charge in [0.15, 0.2) is 17.6 Å². The zero-order valence-electron chi connectivity index (χ0n) is 19.5. The maximum Gasteiger partial charge on any atom is 0.224 e.